The van der Waals surface area contributed by atoms with Crippen LogP contribution < -0.4 is 5.73 Å². The van der Waals surface area contributed by atoms with E-state index in [-0.39, 0.29) is 0 Å². The van der Waals surface area contributed by atoms with Crippen LogP contribution in [-0.4, -0.2) is 9.91 Å². The van der Waals surface area contributed by atoms with Crippen molar-refractivity contribution in [1.29, 1.82) is 0 Å². The molecule has 2 rings (SSSR count). The highest BCUT2D eigenvalue weighted by molar-refractivity contribution is 7.98. The van der Waals surface area contributed by atoms with Crippen LogP contribution in [0.1, 0.15) is 5.56 Å². The molecule has 1 heterocycles. The molecule has 0 aliphatic heterocycles. The topological polar surface area (TPSA) is 82.0 Å². The molecule has 0 atom stereocenters. The highest BCUT2D eigenvalue weighted by Crippen LogP contribution is 2.25. The van der Waals surface area contributed by atoms with E-state index in [1.165, 1.54) is 23.9 Å². The first-order valence-electron chi connectivity index (χ1n) is 5.33. The van der Waals surface area contributed by atoms with Crippen LogP contribution in [0.3, 0.4) is 0 Å². The van der Waals surface area contributed by atoms with E-state index in [9.17, 15) is 14.5 Å². The molecule has 0 spiro atoms. The van der Waals surface area contributed by atoms with Crippen LogP contribution >= 0.6 is 11.8 Å². The lowest BCUT2D eigenvalue weighted by Crippen LogP contribution is -1.93. The minimum atomic E-state index is -0.821. The summed E-state index contributed by atoms with van der Waals surface area (Å²) in [4.78, 5) is 14.6. The van der Waals surface area contributed by atoms with Gasteiger partial charge in [-0.15, -0.1) is 11.8 Å². The average Bonchev–Trinajstić information content (AvgIpc) is 2.37. The zero-order chi connectivity index (χ0) is 13.8. The predicted octanol–water partition coefficient (Wildman–Crippen LogP) is 3.00. The molecular weight excluding hydrogens is 269 g/mol. The minimum Gasteiger partial charge on any atom is -0.384 e. The number of hydrogen-bond acceptors (Lipinski definition) is 5. The lowest BCUT2D eigenvalue weighted by Gasteiger charge is -2.02. The maximum Gasteiger partial charge on any atom is 0.304 e. The van der Waals surface area contributed by atoms with Gasteiger partial charge in [-0.3, -0.25) is 10.1 Å². The van der Waals surface area contributed by atoms with Crippen molar-refractivity contribution < 1.29 is 9.31 Å². The molecule has 2 N–H and O–H groups in total. The molecule has 0 bridgehead atoms. The Balaban J connectivity index is 2.06. The van der Waals surface area contributed by atoms with Crippen molar-refractivity contribution in [2.24, 2.45) is 0 Å². The van der Waals surface area contributed by atoms with Gasteiger partial charge in [0.15, 0.2) is 0 Å². The van der Waals surface area contributed by atoms with Crippen molar-refractivity contribution in [2.75, 3.05) is 5.73 Å². The Labute approximate surface area is 112 Å². The number of rotatable bonds is 4. The Hall–Kier alpha value is -2.15. The van der Waals surface area contributed by atoms with Crippen LogP contribution in [0.2, 0.25) is 0 Å². The SMILES string of the molecule is Nc1ccc(SCc2ccc([N+](=O)[O-])c(F)c2)cn1. The lowest BCUT2D eigenvalue weighted by atomic mass is 10.2. The predicted molar refractivity (Wildman–Crippen MR) is 71.3 cm³/mol. The number of nitrogens with zero attached hydrogens (tertiary/aromatic N) is 2. The van der Waals surface area contributed by atoms with E-state index in [2.05, 4.69) is 4.98 Å². The molecule has 7 heteroatoms. The number of thioether (sulfide) groups is 1. The number of nitrogen functional groups attached to an aromatic ring is 1. The van der Waals surface area contributed by atoms with Crippen LogP contribution in [-0.2, 0) is 5.75 Å². The first-order valence-corrected chi connectivity index (χ1v) is 6.32. The van der Waals surface area contributed by atoms with E-state index in [1.807, 2.05) is 6.07 Å². The number of nitrogens with two attached hydrogens (primary N) is 1. The van der Waals surface area contributed by atoms with Gasteiger partial charge in [0.1, 0.15) is 5.82 Å². The number of aromatic nitrogens is 1. The van der Waals surface area contributed by atoms with Gasteiger partial charge in [-0.2, -0.15) is 4.39 Å². The molecule has 19 heavy (non-hydrogen) atoms. The zero-order valence-corrected chi connectivity index (χ0v) is 10.6. The summed E-state index contributed by atoms with van der Waals surface area (Å²) in [7, 11) is 0. The van der Waals surface area contributed by atoms with Gasteiger partial charge in [0, 0.05) is 22.9 Å². The molecule has 0 fully saturated rings. The number of anilines is 1. The largest absolute Gasteiger partial charge is 0.384 e. The van der Waals surface area contributed by atoms with Gasteiger partial charge in [0.05, 0.1) is 4.92 Å². The van der Waals surface area contributed by atoms with Gasteiger partial charge in [-0.25, -0.2) is 4.98 Å². The van der Waals surface area contributed by atoms with E-state index in [4.69, 9.17) is 5.73 Å². The second kappa shape index (κ2) is 5.66. The number of hydrogen-bond donors (Lipinski definition) is 1. The van der Waals surface area contributed by atoms with E-state index in [1.54, 1.807) is 18.3 Å². The van der Waals surface area contributed by atoms with E-state index in [0.29, 0.717) is 17.1 Å². The number of benzene rings is 1. The number of nitro benzene ring substituents is 1. The van der Waals surface area contributed by atoms with Crippen molar-refractivity contribution in [1.82, 2.24) is 4.98 Å². The Morgan fingerprint density at radius 3 is 2.74 bits per heavy atom. The number of halogens is 1. The molecule has 0 unspecified atom stereocenters. The monoisotopic (exact) mass is 279 g/mol. The Kier molecular flexibility index (Phi) is 3.96. The third kappa shape index (κ3) is 3.41. The van der Waals surface area contributed by atoms with Crippen molar-refractivity contribution >= 4 is 23.3 Å². The molecule has 0 aliphatic carbocycles. The van der Waals surface area contributed by atoms with Crippen molar-refractivity contribution in [2.45, 2.75) is 10.6 Å². The van der Waals surface area contributed by atoms with Crippen LogP contribution in [0, 0.1) is 15.9 Å². The minimum absolute atomic E-state index is 0.436. The van der Waals surface area contributed by atoms with Crippen LogP contribution in [0.4, 0.5) is 15.9 Å². The summed E-state index contributed by atoms with van der Waals surface area (Å²) in [5.74, 6) is 0.116. The van der Waals surface area contributed by atoms with Gasteiger partial charge in [-0.1, -0.05) is 6.07 Å². The molecule has 5 nitrogen and oxygen atoms in total. The molecule has 0 saturated heterocycles. The van der Waals surface area contributed by atoms with Gasteiger partial charge in [0.25, 0.3) is 0 Å². The summed E-state index contributed by atoms with van der Waals surface area (Å²) < 4.78 is 13.4. The fourth-order valence-corrected chi connectivity index (χ4v) is 2.24. The molecule has 0 radical (unpaired) electrons. The number of nitro groups is 1. The molecule has 0 aliphatic rings. The van der Waals surface area contributed by atoms with Crippen molar-refractivity contribution in [3.8, 4) is 0 Å². The Bertz CT molecular complexity index is 604. The molecule has 2 aromatic rings. The number of pyridine rings is 1. The highest BCUT2D eigenvalue weighted by atomic mass is 32.2. The van der Waals surface area contributed by atoms with Crippen molar-refractivity contribution in [3.63, 3.8) is 0 Å². The van der Waals surface area contributed by atoms with Crippen molar-refractivity contribution in [3.05, 3.63) is 58.0 Å². The van der Waals surface area contributed by atoms with Gasteiger partial charge < -0.3 is 5.73 Å². The van der Waals surface area contributed by atoms with Gasteiger partial charge >= 0.3 is 5.69 Å². The maximum atomic E-state index is 13.4. The molecule has 0 saturated carbocycles. The summed E-state index contributed by atoms with van der Waals surface area (Å²) in [5, 5.41) is 10.5. The average molecular weight is 279 g/mol. The van der Waals surface area contributed by atoms with E-state index < -0.39 is 16.4 Å². The second-order valence-electron chi connectivity index (χ2n) is 3.75. The summed E-state index contributed by atoms with van der Waals surface area (Å²) in [6, 6.07) is 7.38. The van der Waals surface area contributed by atoms with E-state index in [0.717, 1.165) is 4.90 Å². The Morgan fingerprint density at radius 2 is 2.16 bits per heavy atom. The molecular formula is C12H10FN3O2S. The van der Waals surface area contributed by atoms with Crippen LogP contribution in [0.5, 0.6) is 0 Å². The molecule has 1 aromatic heterocycles. The second-order valence-corrected chi connectivity index (χ2v) is 4.80. The fourth-order valence-electron chi connectivity index (χ4n) is 1.43. The Morgan fingerprint density at radius 1 is 1.37 bits per heavy atom. The first-order chi connectivity index (χ1) is 9.06. The molecule has 1 aromatic carbocycles. The third-order valence-corrected chi connectivity index (χ3v) is 3.43. The normalized spacial score (nSPS) is 10.4. The maximum absolute atomic E-state index is 13.4. The molecule has 98 valence electrons. The zero-order valence-electron chi connectivity index (χ0n) is 9.75. The standard InChI is InChI=1S/C12H10FN3O2S/c13-10-5-8(1-3-11(10)16(17)18)7-19-9-2-4-12(14)15-6-9/h1-6H,7H2,(H2,14,15). The fraction of sp³-hybridized carbons (Fsp3) is 0.0833. The van der Waals surface area contributed by atoms with E-state index >= 15 is 0 Å². The summed E-state index contributed by atoms with van der Waals surface area (Å²) in [6.07, 6.45) is 1.63. The summed E-state index contributed by atoms with van der Waals surface area (Å²) in [6.45, 7) is 0. The third-order valence-electron chi connectivity index (χ3n) is 2.37. The van der Waals surface area contributed by atoms with Gasteiger partial charge in [0.2, 0.25) is 5.82 Å². The summed E-state index contributed by atoms with van der Waals surface area (Å²) in [5.41, 5.74) is 5.63. The van der Waals surface area contributed by atoms with Gasteiger partial charge in [-0.05, 0) is 23.8 Å². The lowest BCUT2D eigenvalue weighted by molar-refractivity contribution is -0.387. The quantitative estimate of drug-likeness (QED) is 0.528. The van der Waals surface area contributed by atoms with Crippen LogP contribution in [0.25, 0.3) is 0 Å². The summed E-state index contributed by atoms with van der Waals surface area (Å²) >= 11 is 1.45. The highest BCUT2D eigenvalue weighted by Gasteiger charge is 2.13. The smallest absolute Gasteiger partial charge is 0.304 e. The van der Waals surface area contributed by atoms with Crippen LogP contribution in [0.15, 0.2) is 41.4 Å². The first kappa shape index (κ1) is 13.3. The molecule has 0 amide bonds.